The molecule has 2 aromatic carbocycles. The van der Waals surface area contributed by atoms with Crippen LogP contribution in [-0.4, -0.2) is 19.3 Å². The van der Waals surface area contributed by atoms with Crippen LogP contribution in [0.2, 0.25) is 5.15 Å². The first-order valence-corrected chi connectivity index (χ1v) is 11.0. The molecule has 0 N–H and O–H groups in total. The zero-order valence-electron chi connectivity index (χ0n) is 16.7. The molecule has 33 heavy (non-hydrogen) atoms. The van der Waals surface area contributed by atoms with Crippen molar-refractivity contribution < 1.29 is 30.6 Å². The minimum Gasteiger partial charge on any atom is -0.379 e. The summed E-state index contributed by atoms with van der Waals surface area (Å²) in [6.45, 7) is -0.596. The zero-order valence-corrected chi connectivity index (χ0v) is 18.2. The molecule has 0 aliphatic carbocycles. The van der Waals surface area contributed by atoms with Gasteiger partial charge in [0.15, 0.2) is 0 Å². The molecular formula is C21H15ClF3N3O4S. The molecule has 12 heteroatoms. The van der Waals surface area contributed by atoms with Crippen LogP contribution >= 0.6 is 11.6 Å². The van der Waals surface area contributed by atoms with Crippen LogP contribution in [0, 0.1) is 0 Å². The number of para-hydroxylation sites is 1. The fourth-order valence-corrected chi connectivity index (χ4v) is 3.93. The van der Waals surface area contributed by atoms with E-state index in [-0.39, 0.29) is 22.9 Å². The van der Waals surface area contributed by atoms with Gasteiger partial charge in [-0.3, -0.25) is 4.79 Å². The number of amides is 1. The van der Waals surface area contributed by atoms with E-state index < -0.39 is 39.2 Å². The monoisotopic (exact) mass is 497 g/mol. The lowest BCUT2D eigenvalue weighted by atomic mass is 10.1. The average Bonchev–Trinajstić information content (AvgIpc) is 2.75. The summed E-state index contributed by atoms with van der Waals surface area (Å²) in [7, 11) is -4.48. The van der Waals surface area contributed by atoms with Crippen LogP contribution in [-0.2, 0) is 34.1 Å². The largest absolute Gasteiger partial charge is 0.416 e. The second kappa shape index (κ2) is 10.1. The van der Waals surface area contributed by atoms with Gasteiger partial charge in [-0.15, -0.1) is 5.11 Å². The second-order valence-corrected chi connectivity index (χ2v) is 8.53. The minimum atomic E-state index is -4.72. The molecule has 3 rings (SSSR count). The summed E-state index contributed by atoms with van der Waals surface area (Å²) >= 11 is 5.67. The zero-order chi connectivity index (χ0) is 24.1. The van der Waals surface area contributed by atoms with Gasteiger partial charge in [0.05, 0.1) is 18.5 Å². The predicted octanol–water partition coefficient (Wildman–Crippen LogP) is 5.24. The quantitative estimate of drug-likeness (QED) is 0.252. The molecule has 0 aliphatic heterocycles. The summed E-state index contributed by atoms with van der Waals surface area (Å²) in [4.78, 5) is 15.3. The number of benzene rings is 2. The van der Waals surface area contributed by atoms with Crippen LogP contribution in [0.5, 0.6) is 5.75 Å². The van der Waals surface area contributed by atoms with E-state index in [1.54, 1.807) is 12.1 Å². The molecule has 0 atom stereocenters. The summed E-state index contributed by atoms with van der Waals surface area (Å²) in [5.74, 6) is -0.715. The Balaban J connectivity index is 1.84. The molecule has 0 bridgehead atoms. The van der Waals surface area contributed by atoms with Crippen LogP contribution < -0.4 is 4.18 Å². The van der Waals surface area contributed by atoms with E-state index in [1.807, 2.05) is 0 Å². The Hall–Kier alpha value is -3.31. The van der Waals surface area contributed by atoms with Gasteiger partial charge in [-0.25, -0.2) is 4.98 Å². The lowest BCUT2D eigenvalue weighted by Gasteiger charge is -2.13. The summed E-state index contributed by atoms with van der Waals surface area (Å²) in [5, 5.41) is 7.29. The Labute approximate surface area is 192 Å². The molecule has 1 aromatic heterocycles. The van der Waals surface area contributed by atoms with Gasteiger partial charge in [0.1, 0.15) is 15.8 Å². The Kier molecular flexibility index (Phi) is 7.44. The fourth-order valence-electron chi connectivity index (χ4n) is 2.68. The summed E-state index contributed by atoms with van der Waals surface area (Å²) in [6.07, 6.45) is -3.52. The number of pyridine rings is 1. The fraction of sp³-hybridized carbons (Fsp3) is 0.143. The van der Waals surface area contributed by atoms with Crippen LogP contribution in [0.3, 0.4) is 0 Å². The second-order valence-electron chi connectivity index (χ2n) is 6.63. The Morgan fingerprint density at radius 2 is 1.79 bits per heavy atom. The van der Waals surface area contributed by atoms with Crippen molar-refractivity contribution in [2.24, 2.45) is 10.2 Å². The van der Waals surface area contributed by atoms with Gasteiger partial charge in [-0.05, 0) is 47.5 Å². The first kappa shape index (κ1) is 24.3. The topological polar surface area (TPSA) is 98.0 Å². The number of rotatable bonds is 7. The molecule has 1 heterocycles. The van der Waals surface area contributed by atoms with Crippen LogP contribution in [0.25, 0.3) is 0 Å². The lowest BCUT2D eigenvalue weighted by Crippen LogP contribution is -2.14. The first-order chi connectivity index (χ1) is 15.5. The van der Waals surface area contributed by atoms with Gasteiger partial charge in [0.2, 0.25) is 0 Å². The van der Waals surface area contributed by atoms with Gasteiger partial charge in [0.25, 0.3) is 5.91 Å². The van der Waals surface area contributed by atoms with Crippen molar-refractivity contribution in [2.45, 2.75) is 24.0 Å². The number of aromatic nitrogens is 1. The van der Waals surface area contributed by atoms with Crippen molar-refractivity contribution in [3.63, 3.8) is 0 Å². The molecule has 1 amide bonds. The molecule has 0 unspecified atom stereocenters. The molecule has 0 saturated heterocycles. The van der Waals surface area contributed by atoms with Crippen LogP contribution in [0.4, 0.5) is 13.2 Å². The van der Waals surface area contributed by atoms with E-state index in [9.17, 15) is 26.4 Å². The number of carbonyl (C=O) groups excluding carboxylic acids is 1. The van der Waals surface area contributed by atoms with E-state index in [2.05, 4.69) is 15.2 Å². The molecule has 3 aromatic rings. The third-order valence-electron chi connectivity index (χ3n) is 4.17. The van der Waals surface area contributed by atoms with Gasteiger partial charge < -0.3 is 4.18 Å². The van der Waals surface area contributed by atoms with Crippen molar-refractivity contribution in [1.82, 2.24) is 4.98 Å². The van der Waals surface area contributed by atoms with E-state index in [0.29, 0.717) is 17.7 Å². The summed E-state index contributed by atoms with van der Waals surface area (Å²) in [6, 6.07) is 12.6. The number of azo groups is 1. The smallest absolute Gasteiger partial charge is 0.379 e. The molecular weight excluding hydrogens is 483 g/mol. The first-order valence-electron chi connectivity index (χ1n) is 9.25. The lowest BCUT2D eigenvalue weighted by molar-refractivity contribution is -0.137. The average molecular weight is 498 g/mol. The Morgan fingerprint density at radius 3 is 2.42 bits per heavy atom. The normalized spacial score (nSPS) is 12.1. The van der Waals surface area contributed by atoms with Gasteiger partial charge in [0, 0.05) is 6.20 Å². The number of hydrogen-bond acceptors (Lipinski definition) is 6. The molecule has 0 aliphatic rings. The van der Waals surface area contributed by atoms with Crippen molar-refractivity contribution >= 4 is 27.6 Å². The van der Waals surface area contributed by atoms with Crippen molar-refractivity contribution in [2.75, 3.05) is 0 Å². The highest BCUT2D eigenvalue weighted by atomic mass is 35.5. The predicted molar refractivity (Wildman–Crippen MR) is 112 cm³/mol. The maximum Gasteiger partial charge on any atom is 0.416 e. The van der Waals surface area contributed by atoms with Crippen LogP contribution in [0.15, 0.2) is 82.0 Å². The van der Waals surface area contributed by atoms with Gasteiger partial charge in [-0.1, -0.05) is 35.9 Å². The third-order valence-corrected chi connectivity index (χ3v) is 5.75. The number of halogens is 4. The van der Waals surface area contributed by atoms with Gasteiger partial charge in [-0.2, -0.15) is 26.7 Å². The number of hydrogen-bond donors (Lipinski definition) is 0. The maximum absolute atomic E-state index is 13.2. The van der Waals surface area contributed by atoms with Crippen molar-refractivity contribution in [1.29, 1.82) is 0 Å². The van der Waals surface area contributed by atoms with E-state index in [1.165, 1.54) is 36.5 Å². The van der Waals surface area contributed by atoms with Crippen molar-refractivity contribution in [3.05, 3.63) is 88.7 Å². The Bertz CT molecular complexity index is 1270. The van der Waals surface area contributed by atoms with Crippen molar-refractivity contribution in [3.8, 4) is 5.75 Å². The number of carbonyl (C=O) groups is 1. The molecule has 0 spiro atoms. The summed E-state index contributed by atoms with van der Waals surface area (Å²) in [5.41, 5.74) is -0.905. The van der Waals surface area contributed by atoms with E-state index in [0.717, 1.165) is 6.07 Å². The minimum absolute atomic E-state index is 0.0169. The SMILES string of the molecule is O=C(Cc1ccc(Cl)nc1)N=NCc1cc(C(F)(F)F)ccc1S(=O)(=O)Oc1ccccc1. The molecule has 0 saturated carbocycles. The third kappa shape index (κ3) is 6.83. The molecule has 0 fully saturated rings. The highest BCUT2D eigenvalue weighted by Crippen LogP contribution is 2.32. The molecule has 172 valence electrons. The standard InChI is InChI=1S/C21H15ClF3N3O4S/c22-19-9-6-14(12-26-19)10-20(29)28-27-13-15-11-16(21(23,24)25)7-8-18(15)33(30,31)32-17-4-2-1-3-5-17/h1-9,11-12H,10,13H2. The Morgan fingerprint density at radius 1 is 1.06 bits per heavy atom. The van der Waals surface area contributed by atoms with E-state index >= 15 is 0 Å². The number of alkyl halides is 3. The highest BCUT2D eigenvalue weighted by Gasteiger charge is 2.32. The maximum atomic E-state index is 13.2. The summed E-state index contributed by atoms with van der Waals surface area (Å²) < 4.78 is 69.9. The highest BCUT2D eigenvalue weighted by molar-refractivity contribution is 7.87. The molecule has 0 radical (unpaired) electrons. The van der Waals surface area contributed by atoms with Crippen LogP contribution in [0.1, 0.15) is 16.7 Å². The molecule has 7 nitrogen and oxygen atoms in total. The van der Waals surface area contributed by atoms with Gasteiger partial charge >= 0.3 is 16.3 Å². The van der Waals surface area contributed by atoms with E-state index in [4.69, 9.17) is 15.8 Å². The number of nitrogens with zero attached hydrogens (tertiary/aromatic N) is 3.